The van der Waals surface area contributed by atoms with Crippen LogP contribution < -0.4 is 10.1 Å². The molecule has 2 aliphatic rings. The SMILES string of the molecule is Cc1ccc2c(c1)[C@H](NC(=O)[C@@H]1CCCN(S(=O)(=O)c3ccc(F)cc3)C1)CC(C)(C)O2. The van der Waals surface area contributed by atoms with E-state index in [1.807, 2.05) is 39.0 Å². The zero-order chi connectivity index (χ0) is 23.1. The molecule has 172 valence electrons. The highest BCUT2D eigenvalue weighted by Crippen LogP contribution is 2.40. The average Bonchev–Trinajstić information content (AvgIpc) is 2.74. The lowest BCUT2D eigenvalue weighted by atomic mass is 9.88. The fourth-order valence-electron chi connectivity index (χ4n) is 4.52. The molecule has 2 aliphatic heterocycles. The molecule has 0 radical (unpaired) electrons. The number of carbonyl (C=O) groups is 1. The van der Waals surface area contributed by atoms with E-state index in [1.165, 1.54) is 16.4 Å². The van der Waals surface area contributed by atoms with E-state index < -0.39 is 27.4 Å². The number of amides is 1. The van der Waals surface area contributed by atoms with Gasteiger partial charge in [-0.05, 0) is 63.9 Å². The van der Waals surface area contributed by atoms with Crippen molar-refractivity contribution in [2.45, 2.75) is 56.6 Å². The number of nitrogens with one attached hydrogen (secondary N) is 1. The molecule has 0 unspecified atom stereocenters. The molecule has 1 N–H and O–H groups in total. The Balaban J connectivity index is 1.51. The molecule has 6 nitrogen and oxygen atoms in total. The fraction of sp³-hybridized carbons (Fsp3) is 0.458. The van der Waals surface area contributed by atoms with Gasteiger partial charge in [0.15, 0.2) is 0 Å². The Kier molecular flexibility index (Phi) is 6.02. The van der Waals surface area contributed by atoms with Gasteiger partial charge in [0.25, 0.3) is 0 Å². The Morgan fingerprint density at radius 3 is 2.62 bits per heavy atom. The molecular formula is C24H29FN2O4S. The van der Waals surface area contributed by atoms with Crippen LogP contribution in [-0.4, -0.2) is 37.3 Å². The number of hydrogen-bond acceptors (Lipinski definition) is 4. The summed E-state index contributed by atoms with van der Waals surface area (Å²) in [5, 5.41) is 3.16. The van der Waals surface area contributed by atoms with Crippen molar-refractivity contribution in [3.8, 4) is 5.75 Å². The van der Waals surface area contributed by atoms with Crippen LogP contribution in [0.15, 0.2) is 47.4 Å². The number of nitrogens with zero attached hydrogens (tertiary/aromatic N) is 1. The molecule has 32 heavy (non-hydrogen) atoms. The van der Waals surface area contributed by atoms with Crippen molar-refractivity contribution in [1.82, 2.24) is 9.62 Å². The minimum absolute atomic E-state index is 0.0375. The zero-order valence-corrected chi connectivity index (χ0v) is 19.4. The lowest BCUT2D eigenvalue weighted by Crippen LogP contribution is -2.48. The van der Waals surface area contributed by atoms with Gasteiger partial charge in [-0.15, -0.1) is 0 Å². The third-order valence-electron chi connectivity index (χ3n) is 6.15. The minimum atomic E-state index is -3.78. The van der Waals surface area contributed by atoms with E-state index in [-0.39, 0.29) is 23.4 Å². The van der Waals surface area contributed by atoms with E-state index in [4.69, 9.17) is 4.74 Å². The molecule has 2 aromatic rings. The van der Waals surface area contributed by atoms with Crippen LogP contribution in [0.1, 0.15) is 50.3 Å². The summed E-state index contributed by atoms with van der Waals surface area (Å²) in [5.41, 5.74) is 1.61. The van der Waals surface area contributed by atoms with Gasteiger partial charge < -0.3 is 10.1 Å². The maximum atomic E-state index is 13.2. The Hall–Kier alpha value is -2.45. The number of carbonyl (C=O) groups excluding carboxylic acids is 1. The molecule has 0 bridgehead atoms. The molecule has 0 aliphatic carbocycles. The van der Waals surface area contributed by atoms with Gasteiger partial charge in [0.2, 0.25) is 15.9 Å². The van der Waals surface area contributed by atoms with Crippen LogP contribution in [0.5, 0.6) is 5.75 Å². The molecular weight excluding hydrogens is 431 g/mol. The molecule has 1 amide bonds. The molecule has 4 rings (SSSR count). The van der Waals surface area contributed by atoms with Crippen molar-refractivity contribution in [2.75, 3.05) is 13.1 Å². The summed E-state index contributed by atoms with van der Waals surface area (Å²) in [7, 11) is -3.78. The predicted molar refractivity (Wildman–Crippen MR) is 119 cm³/mol. The van der Waals surface area contributed by atoms with Crippen molar-refractivity contribution < 1.29 is 22.3 Å². The van der Waals surface area contributed by atoms with Gasteiger partial charge in [-0.2, -0.15) is 4.31 Å². The molecule has 0 spiro atoms. The third-order valence-corrected chi connectivity index (χ3v) is 8.02. The number of piperidine rings is 1. The van der Waals surface area contributed by atoms with Crippen molar-refractivity contribution in [2.24, 2.45) is 5.92 Å². The second-order valence-electron chi connectivity index (χ2n) is 9.32. The standard InChI is InChI=1S/C24H29FN2O4S/c1-16-6-11-22-20(13-16)21(14-24(2,3)31-22)26-23(28)17-5-4-12-27(15-17)32(29,30)19-9-7-18(25)8-10-19/h6-11,13,17,21H,4-5,12,14-15H2,1-3H3,(H,26,28)/t17-,21-/m1/s1. The fourth-order valence-corrected chi connectivity index (χ4v) is 6.05. The number of ether oxygens (including phenoxy) is 1. The van der Waals surface area contributed by atoms with Crippen LogP contribution in [0.3, 0.4) is 0 Å². The number of benzene rings is 2. The normalized spacial score (nSPS) is 23.1. The monoisotopic (exact) mass is 460 g/mol. The van der Waals surface area contributed by atoms with Crippen LogP contribution in [0.25, 0.3) is 0 Å². The first kappa shape index (κ1) is 22.7. The van der Waals surface area contributed by atoms with Gasteiger partial charge in [0, 0.05) is 25.1 Å². The van der Waals surface area contributed by atoms with E-state index in [2.05, 4.69) is 5.32 Å². The number of aryl methyl sites for hydroxylation is 1. The number of sulfonamides is 1. The lowest BCUT2D eigenvalue weighted by Gasteiger charge is -2.39. The van der Waals surface area contributed by atoms with Crippen molar-refractivity contribution in [3.63, 3.8) is 0 Å². The molecule has 1 fully saturated rings. The van der Waals surface area contributed by atoms with Gasteiger partial charge in [0.05, 0.1) is 16.9 Å². The summed E-state index contributed by atoms with van der Waals surface area (Å²) < 4.78 is 46.6. The molecule has 0 aromatic heterocycles. The number of halogens is 1. The number of fused-ring (bicyclic) bond motifs is 1. The Labute approximate surface area is 188 Å². The first-order valence-electron chi connectivity index (χ1n) is 10.9. The first-order chi connectivity index (χ1) is 15.0. The molecule has 1 saturated heterocycles. The second-order valence-corrected chi connectivity index (χ2v) is 11.3. The number of rotatable bonds is 4. The molecule has 8 heteroatoms. The van der Waals surface area contributed by atoms with Gasteiger partial charge in [-0.25, -0.2) is 12.8 Å². The molecule has 2 aromatic carbocycles. The topological polar surface area (TPSA) is 75.7 Å². The van der Waals surface area contributed by atoms with Gasteiger partial charge in [-0.3, -0.25) is 4.79 Å². The summed E-state index contributed by atoms with van der Waals surface area (Å²) >= 11 is 0. The number of hydrogen-bond donors (Lipinski definition) is 1. The summed E-state index contributed by atoms with van der Waals surface area (Å²) in [6.07, 6.45) is 1.83. The van der Waals surface area contributed by atoms with E-state index in [1.54, 1.807) is 0 Å². The Bertz CT molecular complexity index is 1120. The summed E-state index contributed by atoms with van der Waals surface area (Å²) in [5.74, 6) is -0.326. The Morgan fingerprint density at radius 1 is 1.19 bits per heavy atom. The van der Waals surface area contributed by atoms with E-state index in [9.17, 15) is 17.6 Å². The summed E-state index contributed by atoms with van der Waals surface area (Å²) in [6, 6.07) is 10.5. The second kappa shape index (κ2) is 8.48. The quantitative estimate of drug-likeness (QED) is 0.750. The largest absolute Gasteiger partial charge is 0.487 e. The van der Waals surface area contributed by atoms with Crippen molar-refractivity contribution in [3.05, 3.63) is 59.4 Å². The Morgan fingerprint density at radius 2 is 1.91 bits per heavy atom. The highest BCUT2D eigenvalue weighted by atomic mass is 32.2. The highest BCUT2D eigenvalue weighted by molar-refractivity contribution is 7.89. The van der Waals surface area contributed by atoms with Crippen LogP contribution in [0.4, 0.5) is 4.39 Å². The third kappa shape index (κ3) is 4.66. The van der Waals surface area contributed by atoms with Crippen molar-refractivity contribution in [1.29, 1.82) is 0 Å². The van der Waals surface area contributed by atoms with Crippen LogP contribution >= 0.6 is 0 Å². The lowest BCUT2D eigenvalue weighted by molar-refractivity contribution is -0.127. The smallest absolute Gasteiger partial charge is 0.243 e. The van der Waals surface area contributed by atoms with Crippen LogP contribution in [-0.2, 0) is 14.8 Å². The summed E-state index contributed by atoms with van der Waals surface area (Å²) in [6.45, 7) is 6.44. The average molecular weight is 461 g/mol. The van der Waals surface area contributed by atoms with E-state index in [0.717, 1.165) is 29.0 Å². The molecule has 2 heterocycles. The maximum Gasteiger partial charge on any atom is 0.243 e. The van der Waals surface area contributed by atoms with Gasteiger partial charge in [-0.1, -0.05) is 17.7 Å². The first-order valence-corrected chi connectivity index (χ1v) is 12.3. The van der Waals surface area contributed by atoms with E-state index in [0.29, 0.717) is 25.8 Å². The van der Waals surface area contributed by atoms with Crippen molar-refractivity contribution >= 4 is 15.9 Å². The zero-order valence-electron chi connectivity index (χ0n) is 18.6. The summed E-state index contributed by atoms with van der Waals surface area (Å²) in [4.78, 5) is 13.2. The predicted octanol–water partition coefficient (Wildman–Crippen LogP) is 3.95. The maximum absolute atomic E-state index is 13.2. The minimum Gasteiger partial charge on any atom is -0.487 e. The highest BCUT2D eigenvalue weighted by Gasteiger charge is 2.38. The van der Waals surface area contributed by atoms with Crippen LogP contribution in [0, 0.1) is 18.7 Å². The van der Waals surface area contributed by atoms with Crippen LogP contribution in [0.2, 0.25) is 0 Å². The van der Waals surface area contributed by atoms with E-state index >= 15 is 0 Å². The van der Waals surface area contributed by atoms with Gasteiger partial charge in [0.1, 0.15) is 17.2 Å². The molecule has 0 saturated carbocycles. The van der Waals surface area contributed by atoms with Gasteiger partial charge >= 0.3 is 0 Å². The molecule has 2 atom stereocenters.